The Morgan fingerprint density at radius 1 is 1.32 bits per heavy atom. The largest absolute Gasteiger partial charge is 0.463 e. The summed E-state index contributed by atoms with van der Waals surface area (Å²) in [5.41, 5.74) is 2.66. The molecule has 0 aliphatic rings. The second kappa shape index (κ2) is 6.04. The molecule has 0 fully saturated rings. The summed E-state index contributed by atoms with van der Waals surface area (Å²) < 4.78 is 6.27. The van der Waals surface area contributed by atoms with Crippen LogP contribution in [0.25, 0.3) is 10.9 Å². The number of furan rings is 1. The molecule has 2 heterocycles. The number of hydrogen-bond acceptors (Lipinski definition) is 5. The van der Waals surface area contributed by atoms with E-state index in [2.05, 4.69) is 15.5 Å². The van der Waals surface area contributed by atoms with E-state index in [-0.39, 0.29) is 12.1 Å². The van der Waals surface area contributed by atoms with Crippen molar-refractivity contribution in [2.75, 3.05) is 0 Å². The highest BCUT2D eigenvalue weighted by atomic mass is 16.3. The van der Waals surface area contributed by atoms with Crippen molar-refractivity contribution < 1.29 is 9.21 Å². The van der Waals surface area contributed by atoms with E-state index >= 15 is 0 Å². The fourth-order valence-corrected chi connectivity index (χ4v) is 1.94. The van der Waals surface area contributed by atoms with Gasteiger partial charge in [0.15, 0.2) is 0 Å². The van der Waals surface area contributed by atoms with Crippen LogP contribution < -0.4 is 11.0 Å². The number of amides is 1. The molecule has 7 heteroatoms. The number of aromatic nitrogens is 2. The Bertz CT molecular complexity index is 881. The van der Waals surface area contributed by atoms with Crippen molar-refractivity contribution in [3.8, 4) is 0 Å². The minimum absolute atomic E-state index is 0.161. The molecule has 0 atom stereocenters. The predicted molar refractivity (Wildman–Crippen MR) is 80.4 cm³/mol. The summed E-state index contributed by atoms with van der Waals surface area (Å²) in [5, 5.41) is 4.22. The number of nitrogens with zero attached hydrogens (tertiary/aromatic N) is 3. The van der Waals surface area contributed by atoms with E-state index < -0.39 is 5.91 Å². The number of carbonyl (C=O) groups excluding carboxylic acids is 1. The number of hydrazone groups is 1. The first kappa shape index (κ1) is 13.7. The summed E-state index contributed by atoms with van der Waals surface area (Å²) in [6, 6.07) is 10.4. The van der Waals surface area contributed by atoms with E-state index in [0.717, 1.165) is 0 Å². The minimum atomic E-state index is -0.429. The third-order valence-electron chi connectivity index (χ3n) is 2.97. The van der Waals surface area contributed by atoms with Crippen LogP contribution in [0, 0.1) is 0 Å². The van der Waals surface area contributed by atoms with Gasteiger partial charge in [0.25, 0.3) is 11.5 Å². The van der Waals surface area contributed by atoms with Gasteiger partial charge < -0.3 is 4.42 Å². The second-order valence-corrected chi connectivity index (χ2v) is 4.50. The van der Waals surface area contributed by atoms with Gasteiger partial charge in [-0.3, -0.25) is 14.2 Å². The van der Waals surface area contributed by atoms with E-state index in [4.69, 9.17) is 4.42 Å². The van der Waals surface area contributed by atoms with Gasteiger partial charge in [-0.1, -0.05) is 12.1 Å². The Morgan fingerprint density at radius 2 is 2.18 bits per heavy atom. The van der Waals surface area contributed by atoms with Gasteiger partial charge in [0.05, 0.1) is 29.7 Å². The van der Waals surface area contributed by atoms with Crippen molar-refractivity contribution in [1.29, 1.82) is 0 Å². The zero-order valence-electron chi connectivity index (χ0n) is 11.5. The lowest BCUT2D eigenvalue weighted by molar-refractivity contribution is -0.121. The highest BCUT2D eigenvalue weighted by Gasteiger charge is 2.07. The Hall–Kier alpha value is -3.22. The topological polar surface area (TPSA) is 89.5 Å². The van der Waals surface area contributed by atoms with Crippen molar-refractivity contribution in [2.45, 2.75) is 6.54 Å². The molecule has 1 amide bonds. The summed E-state index contributed by atoms with van der Waals surface area (Å²) in [6.07, 6.45) is 4.23. The van der Waals surface area contributed by atoms with Crippen LogP contribution in [0.4, 0.5) is 0 Å². The second-order valence-electron chi connectivity index (χ2n) is 4.50. The molecular weight excluding hydrogens is 284 g/mol. The summed E-state index contributed by atoms with van der Waals surface area (Å²) >= 11 is 0. The van der Waals surface area contributed by atoms with E-state index in [1.165, 1.54) is 23.4 Å². The first-order chi connectivity index (χ1) is 10.7. The molecular formula is C15H12N4O3. The molecule has 22 heavy (non-hydrogen) atoms. The molecule has 0 unspecified atom stereocenters. The number of nitrogens with one attached hydrogen (secondary N) is 1. The molecule has 0 saturated heterocycles. The van der Waals surface area contributed by atoms with Crippen LogP contribution in [0.15, 0.2) is 63.3 Å². The first-order valence-corrected chi connectivity index (χ1v) is 6.53. The van der Waals surface area contributed by atoms with Gasteiger partial charge >= 0.3 is 0 Å². The Morgan fingerprint density at radius 3 is 3.00 bits per heavy atom. The predicted octanol–water partition coefficient (Wildman–Crippen LogP) is 1.14. The smallest absolute Gasteiger partial charge is 0.261 e. The Kier molecular flexibility index (Phi) is 3.78. The van der Waals surface area contributed by atoms with E-state index in [1.54, 1.807) is 36.4 Å². The van der Waals surface area contributed by atoms with Gasteiger partial charge in [-0.05, 0) is 24.3 Å². The summed E-state index contributed by atoms with van der Waals surface area (Å²) in [5.74, 6) is 0.0897. The molecule has 0 spiro atoms. The van der Waals surface area contributed by atoms with E-state index in [0.29, 0.717) is 16.7 Å². The van der Waals surface area contributed by atoms with Crippen molar-refractivity contribution in [2.24, 2.45) is 5.10 Å². The number of fused-ring (bicyclic) bond motifs is 1. The SMILES string of the molecule is O=C(Cn1cnc2ccccc2c1=O)N/N=C/c1ccco1. The van der Waals surface area contributed by atoms with Gasteiger partial charge in [0.2, 0.25) is 0 Å². The highest BCUT2D eigenvalue weighted by Crippen LogP contribution is 2.04. The number of para-hydroxylation sites is 1. The van der Waals surface area contributed by atoms with Crippen LogP contribution in [0.2, 0.25) is 0 Å². The standard InChI is InChI=1S/C15H12N4O3/c20-14(18-17-8-11-4-3-7-22-11)9-19-10-16-13-6-2-1-5-12(13)15(19)21/h1-8,10H,9H2,(H,18,20)/b17-8+. The lowest BCUT2D eigenvalue weighted by atomic mass is 10.2. The van der Waals surface area contributed by atoms with Gasteiger partial charge in [-0.15, -0.1) is 0 Å². The number of hydrogen-bond donors (Lipinski definition) is 1. The molecule has 0 aliphatic heterocycles. The van der Waals surface area contributed by atoms with Crippen molar-refractivity contribution in [3.63, 3.8) is 0 Å². The zero-order chi connectivity index (χ0) is 15.4. The van der Waals surface area contributed by atoms with Crippen LogP contribution in [-0.4, -0.2) is 21.7 Å². The number of carbonyl (C=O) groups is 1. The van der Waals surface area contributed by atoms with Crippen molar-refractivity contribution in [3.05, 3.63) is 65.1 Å². The fourth-order valence-electron chi connectivity index (χ4n) is 1.94. The molecule has 1 aromatic carbocycles. The highest BCUT2D eigenvalue weighted by molar-refractivity contribution is 5.81. The average molecular weight is 296 g/mol. The molecule has 110 valence electrons. The third kappa shape index (κ3) is 2.93. The fraction of sp³-hybridized carbons (Fsp3) is 0.0667. The lowest BCUT2D eigenvalue weighted by Gasteiger charge is -2.05. The zero-order valence-corrected chi connectivity index (χ0v) is 11.5. The van der Waals surface area contributed by atoms with Gasteiger partial charge in [-0.2, -0.15) is 5.10 Å². The third-order valence-corrected chi connectivity index (χ3v) is 2.97. The lowest BCUT2D eigenvalue weighted by Crippen LogP contribution is -2.30. The van der Waals surface area contributed by atoms with Crippen LogP contribution in [-0.2, 0) is 11.3 Å². The molecule has 1 N–H and O–H groups in total. The maximum atomic E-state index is 12.2. The summed E-state index contributed by atoms with van der Waals surface area (Å²) in [7, 11) is 0. The van der Waals surface area contributed by atoms with Gasteiger partial charge in [0, 0.05) is 0 Å². The molecule has 0 saturated carbocycles. The van der Waals surface area contributed by atoms with Crippen LogP contribution in [0.5, 0.6) is 0 Å². The molecule has 0 bridgehead atoms. The minimum Gasteiger partial charge on any atom is -0.463 e. The quantitative estimate of drug-likeness (QED) is 0.577. The number of benzene rings is 1. The van der Waals surface area contributed by atoms with Crippen molar-refractivity contribution >= 4 is 23.0 Å². The summed E-state index contributed by atoms with van der Waals surface area (Å²) in [6.45, 7) is -0.161. The maximum Gasteiger partial charge on any atom is 0.261 e. The average Bonchev–Trinajstić information content (AvgIpc) is 3.04. The normalized spacial score (nSPS) is 11.1. The molecule has 3 rings (SSSR count). The molecule has 7 nitrogen and oxygen atoms in total. The molecule has 2 aromatic heterocycles. The molecule has 0 aliphatic carbocycles. The monoisotopic (exact) mass is 296 g/mol. The maximum absolute atomic E-state index is 12.2. The molecule has 0 radical (unpaired) electrons. The van der Waals surface area contributed by atoms with Gasteiger partial charge in [-0.25, -0.2) is 10.4 Å². The molecule has 3 aromatic rings. The van der Waals surface area contributed by atoms with Crippen LogP contribution >= 0.6 is 0 Å². The Labute approximate surface area is 124 Å². The van der Waals surface area contributed by atoms with Crippen LogP contribution in [0.3, 0.4) is 0 Å². The van der Waals surface area contributed by atoms with Gasteiger partial charge in [0.1, 0.15) is 12.3 Å². The number of rotatable bonds is 4. The first-order valence-electron chi connectivity index (χ1n) is 6.53. The van der Waals surface area contributed by atoms with Crippen molar-refractivity contribution in [1.82, 2.24) is 15.0 Å². The summed E-state index contributed by atoms with van der Waals surface area (Å²) in [4.78, 5) is 28.1. The van der Waals surface area contributed by atoms with E-state index in [1.807, 2.05) is 0 Å². The van der Waals surface area contributed by atoms with E-state index in [9.17, 15) is 9.59 Å². The Balaban J connectivity index is 1.71. The van der Waals surface area contributed by atoms with Crippen LogP contribution in [0.1, 0.15) is 5.76 Å².